The van der Waals surface area contributed by atoms with Crippen LogP contribution in [-0.2, 0) is 16.0 Å². The van der Waals surface area contributed by atoms with E-state index >= 15 is 0 Å². The van der Waals surface area contributed by atoms with Gasteiger partial charge in [0.1, 0.15) is 18.1 Å². The van der Waals surface area contributed by atoms with Gasteiger partial charge in [0.2, 0.25) is 5.79 Å². The van der Waals surface area contributed by atoms with E-state index < -0.39 is 5.79 Å². The highest BCUT2D eigenvalue weighted by Crippen LogP contribution is 2.62. The molecule has 2 N–H and O–H groups in total. The molecular formula is C37H47NO6S. The Morgan fingerprint density at radius 2 is 1.78 bits per heavy atom. The van der Waals surface area contributed by atoms with E-state index in [1.807, 2.05) is 36.7 Å². The average Bonchev–Trinajstić information content (AvgIpc) is 3.06. The molecule has 6 unspecified atom stereocenters. The molecule has 0 saturated heterocycles. The van der Waals surface area contributed by atoms with Crippen LogP contribution in [0.3, 0.4) is 0 Å². The number of aryl methyl sites for hydroxylation is 1. The summed E-state index contributed by atoms with van der Waals surface area (Å²) in [6, 6.07) is 10.1. The lowest BCUT2D eigenvalue weighted by molar-refractivity contribution is -0.227. The van der Waals surface area contributed by atoms with Crippen molar-refractivity contribution < 1.29 is 29.2 Å². The zero-order valence-electron chi connectivity index (χ0n) is 26.1. The number of unbranched alkanes of at least 4 members (excludes halogenated alkanes) is 2. The quantitative estimate of drug-likeness (QED) is 0.143. The van der Waals surface area contributed by atoms with Crippen molar-refractivity contribution in [2.75, 3.05) is 32.2 Å². The van der Waals surface area contributed by atoms with Crippen molar-refractivity contribution in [2.45, 2.75) is 68.3 Å². The van der Waals surface area contributed by atoms with Gasteiger partial charge in [-0.15, -0.1) is 6.58 Å². The molecule has 0 bridgehead atoms. The van der Waals surface area contributed by atoms with Crippen LogP contribution in [0.15, 0.2) is 79.7 Å². The van der Waals surface area contributed by atoms with E-state index in [1.54, 1.807) is 23.9 Å². The van der Waals surface area contributed by atoms with Crippen LogP contribution in [0.5, 0.6) is 11.5 Å². The lowest BCUT2D eigenvalue weighted by atomic mass is 9.56. The molecule has 1 aliphatic heterocycles. The number of pyridine rings is 1. The fraction of sp³-hybridized carbons (Fsp3) is 0.514. The van der Waals surface area contributed by atoms with Crippen LogP contribution in [0.2, 0.25) is 0 Å². The van der Waals surface area contributed by atoms with Crippen molar-refractivity contribution in [3.8, 4) is 11.5 Å². The summed E-state index contributed by atoms with van der Waals surface area (Å²) >= 11 is 1.75. The van der Waals surface area contributed by atoms with E-state index in [0.717, 1.165) is 73.3 Å². The number of hydrogen-bond acceptors (Lipinski definition) is 8. The van der Waals surface area contributed by atoms with Crippen LogP contribution in [0.1, 0.15) is 62.0 Å². The number of nitrogens with zero attached hydrogens (tertiary/aromatic N) is 1. The Balaban J connectivity index is 1.61. The number of aromatic nitrogens is 1. The third-order valence-electron chi connectivity index (χ3n) is 9.43. The summed E-state index contributed by atoms with van der Waals surface area (Å²) in [5, 5.41) is 19.0. The fourth-order valence-electron chi connectivity index (χ4n) is 7.48. The molecule has 2 heterocycles. The summed E-state index contributed by atoms with van der Waals surface area (Å²) in [5.74, 6) is 1.44. The normalized spacial score (nSPS) is 26.7. The van der Waals surface area contributed by atoms with Crippen molar-refractivity contribution >= 4 is 17.5 Å². The number of allylic oxidation sites excluding steroid dienone is 1. The van der Waals surface area contributed by atoms with Gasteiger partial charge in [-0.3, -0.25) is 9.78 Å². The predicted molar refractivity (Wildman–Crippen MR) is 179 cm³/mol. The second-order valence-corrected chi connectivity index (χ2v) is 13.5. The topological polar surface area (TPSA) is 98.1 Å². The summed E-state index contributed by atoms with van der Waals surface area (Å²) in [7, 11) is 0. The van der Waals surface area contributed by atoms with Gasteiger partial charge in [-0.2, -0.15) is 11.8 Å². The number of Topliss-reactive ketones (excluding diaryl/α,β-unsaturated/α-hetero) is 1. The number of carbonyl (C=O) groups is 1. The van der Waals surface area contributed by atoms with Crippen molar-refractivity contribution in [3.05, 3.63) is 90.8 Å². The maximum Gasteiger partial charge on any atom is 0.230 e. The number of aliphatic hydroxyl groups excluding tert-OH is 2. The molecule has 0 radical (unpaired) electrons. The summed E-state index contributed by atoms with van der Waals surface area (Å²) in [5.41, 5.74) is 3.06. The predicted octanol–water partition coefficient (Wildman–Crippen LogP) is 6.45. The van der Waals surface area contributed by atoms with Gasteiger partial charge in [0.25, 0.3) is 0 Å². The van der Waals surface area contributed by atoms with Gasteiger partial charge in [0.05, 0.1) is 17.8 Å². The maximum atomic E-state index is 14.2. The number of ketones is 1. The Kier molecular flexibility index (Phi) is 12.0. The Morgan fingerprint density at radius 3 is 2.51 bits per heavy atom. The number of aliphatic hydroxyl groups is 2. The Bertz CT molecular complexity index is 1330. The van der Waals surface area contributed by atoms with Crippen molar-refractivity contribution in [1.29, 1.82) is 0 Å². The highest BCUT2D eigenvalue weighted by atomic mass is 32.2. The number of thioether (sulfide) groups is 1. The molecular weight excluding hydrogens is 586 g/mol. The number of hydrogen-bond donors (Lipinski definition) is 2. The van der Waals surface area contributed by atoms with Crippen molar-refractivity contribution in [3.63, 3.8) is 0 Å². The minimum atomic E-state index is -1.05. The molecule has 7 nitrogen and oxygen atoms in total. The van der Waals surface area contributed by atoms with Gasteiger partial charge in [0.15, 0.2) is 5.78 Å². The third kappa shape index (κ3) is 7.40. The molecule has 1 aromatic carbocycles. The maximum absolute atomic E-state index is 14.2. The van der Waals surface area contributed by atoms with E-state index in [2.05, 4.69) is 30.3 Å². The highest BCUT2D eigenvalue weighted by molar-refractivity contribution is 8.00. The lowest BCUT2D eigenvalue weighted by Gasteiger charge is -2.58. The van der Waals surface area contributed by atoms with Gasteiger partial charge >= 0.3 is 0 Å². The number of ether oxygens (including phenoxy) is 3. The largest absolute Gasteiger partial charge is 0.490 e. The van der Waals surface area contributed by atoms with E-state index in [0.29, 0.717) is 19.6 Å². The average molecular weight is 634 g/mol. The molecule has 1 saturated carbocycles. The Hall–Kier alpha value is -2.91. The summed E-state index contributed by atoms with van der Waals surface area (Å²) in [4.78, 5) is 18.3. The first-order valence-corrected chi connectivity index (χ1v) is 17.4. The second-order valence-electron chi connectivity index (χ2n) is 12.2. The molecule has 5 rings (SSSR count). The molecule has 0 spiro atoms. The first-order chi connectivity index (χ1) is 22.1. The van der Waals surface area contributed by atoms with Crippen LogP contribution >= 0.6 is 11.8 Å². The molecule has 1 fully saturated rings. The summed E-state index contributed by atoms with van der Waals surface area (Å²) in [6.45, 7) is 8.75. The van der Waals surface area contributed by atoms with E-state index in [-0.39, 0.29) is 47.9 Å². The zero-order valence-corrected chi connectivity index (χ0v) is 27.0. The number of benzene rings is 1. The molecule has 2 aliphatic carbocycles. The first-order valence-electron chi connectivity index (χ1n) is 16.3. The molecule has 1 aromatic heterocycles. The van der Waals surface area contributed by atoms with Crippen LogP contribution in [0.25, 0.3) is 0 Å². The second kappa shape index (κ2) is 16.1. The minimum Gasteiger partial charge on any atom is -0.490 e. The van der Waals surface area contributed by atoms with E-state index in [1.165, 1.54) is 5.56 Å². The van der Waals surface area contributed by atoms with Crippen molar-refractivity contribution in [1.82, 2.24) is 4.98 Å². The standard InChI is InChI=1S/C37H47NO6S/c1-3-20-42-28-11-12-33-31(24-28)35-29(10-6-8-19-40)27(9-5-7-18-39)23-30-32(41)25-34(37(44-33,36(30)35)43-21-4-2)45-22-15-26-13-16-38-17-14-26/h3-4,11-14,16-17,23-24,27,29,34-36,39-40H,1-2,5-10,15,18-22,25H2. The monoisotopic (exact) mass is 633 g/mol. The van der Waals surface area contributed by atoms with E-state index in [4.69, 9.17) is 14.2 Å². The van der Waals surface area contributed by atoms with Crippen LogP contribution in [-0.4, -0.2) is 64.2 Å². The Labute approximate surface area is 271 Å². The van der Waals surface area contributed by atoms with Gasteiger partial charge < -0.3 is 24.4 Å². The minimum absolute atomic E-state index is 0.0452. The molecule has 6 atom stereocenters. The molecule has 2 aromatic rings. The van der Waals surface area contributed by atoms with Crippen LogP contribution in [0.4, 0.5) is 0 Å². The number of carbonyl (C=O) groups excluding carboxylic acids is 1. The zero-order chi connectivity index (χ0) is 31.6. The van der Waals surface area contributed by atoms with Gasteiger partial charge in [-0.25, -0.2) is 0 Å². The smallest absolute Gasteiger partial charge is 0.230 e. The molecule has 0 amide bonds. The molecule has 3 aliphatic rings. The third-order valence-corrected chi connectivity index (χ3v) is 10.8. The SMILES string of the molecule is C=CCOc1ccc2c(c1)C1C(CCCCO)C(CCCCO)C=C3C(=O)CC(SCCc4ccncc4)C(OCC=C)(O2)C31. The lowest BCUT2D eigenvalue weighted by Crippen LogP contribution is -2.64. The van der Waals surface area contributed by atoms with Crippen LogP contribution < -0.4 is 9.47 Å². The van der Waals surface area contributed by atoms with Gasteiger partial charge in [-0.1, -0.05) is 37.6 Å². The number of rotatable bonds is 18. The van der Waals surface area contributed by atoms with Crippen LogP contribution in [0, 0.1) is 17.8 Å². The van der Waals surface area contributed by atoms with Crippen molar-refractivity contribution in [2.24, 2.45) is 17.8 Å². The summed E-state index contributed by atoms with van der Waals surface area (Å²) in [6.07, 6.45) is 15.5. The van der Waals surface area contributed by atoms with Gasteiger partial charge in [-0.05, 0) is 85.6 Å². The highest BCUT2D eigenvalue weighted by Gasteiger charge is 2.64. The summed E-state index contributed by atoms with van der Waals surface area (Å²) < 4.78 is 19.8. The molecule has 45 heavy (non-hydrogen) atoms. The fourth-order valence-corrected chi connectivity index (χ4v) is 8.89. The Morgan fingerprint density at radius 1 is 1.02 bits per heavy atom. The first kappa shape index (κ1) is 33.5. The molecule has 242 valence electrons. The number of fused-ring (bicyclic) bond motifs is 2. The van der Waals surface area contributed by atoms with E-state index in [9.17, 15) is 15.0 Å². The molecule has 8 heteroatoms. The van der Waals surface area contributed by atoms with Gasteiger partial charge in [0, 0.05) is 49.1 Å².